The largest absolute Gasteiger partial charge is 0.377 e. The van der Waals surface area contributed by atoms with E-state index in [9.17, 15) is 9.59 Å². The summed E-state index contributed by atoms with van der Waals surface area (Å²) in [4.78, 5) is 25.5. The zero-order valence-corrected chi connectivity index (χ0v) is 10.9. The van der Waals surface area contributed by atoms with Gasteiger partial charge in [0.2, 0.25) is 0 Å². The van der Waals surface area contributed by atoms with Crippen molar-refractivity contribution in [3.05, 3.63) is 34.2 Å². The van der Waals surface area contributed by atoms with Gasteiger partial charge >= 0.3 is 0 Å². The van der Waals surface area contributed by atoms with Gasteiger partial charge in [0.1, 0.15) is 0 Å². The molecule has 0 saturated carbocycles. The standard InChI is InChI=1S/C12H15ClN2O3/c1-14-3-2-9(6-11(14)16)12(17)15-4-5-18-8-10(15)7-13/h2-3,6,10H,4-5,7-8H2,1H3. The first-order valence-corrected chi connectivity index (χ1v) is 6.28. The quantitative estimate of drug-likeness (QED) is 0.734. The molecule has 1 fully saturated rings. The van der Waals surface area contributed by atoms with Gasteiger partial charge in [-0.1, -0.05) is 0 Å². The Bertz CT molecular complexity index is 500. The second kappa shape index (κ2) is 5.54. The van der Waals surface area contributed by atoms with Crippen molar-refractivity contribution in [2.45, 2.75) is 6.04 Å². The molecule has 5 nitrogen and oxygen atoms in total. The number of alkyl halides is 1. The summed E-state index contributed by atoms with van der Waals surface area (Å²) < 4.78 is 6.71. The number of carbonyl (C=O) groups excluding carboxylic acids is 1. The molecular weight excluding hydrogens is 256 g/mol. The van der Waals surface area contributed by atoms with Crippen LogP contribution in [0.15, 0.2) is 23.1 Å². The molecule has 1 aliphatic rings. The number of morpholine rings is 1. The molecule has 1 aromatic rings. The first-order valence-electron chi connectivity index (χ1n) is 5.75. The number of hydrogen-bond donors (Lipinski definition) is 0. The van der Waals surface area contributed by atoms with Gasteiger partial charge in [-0.15, -0.1) is 11.6 Å². The van der Waals surface area contributed by atoms with Gasteiger partial charge in [-0.2, -0.15) is 0 Å². The highest BCUT2D eigenvalue weighted by atomic mass is 35.5. The predicted octanol–water partition coefficient (Wildman–Crippen LogP) is 0.465. The molecule has 2 rings (SSSR count). The summed E-state index contributed by atoms with van der Waals surface area (Å²) in [5.74, 6) is 0.165. The smallest absolute Gasteiger partial charge is 0.254 e. The van der Waals surface area contributed by atoms with Crippen molar-refractivity contribution in [2.75, 3.05) is 25.6 Å². The molecule has 1 saturated heterocycles. The number of aryl methyl sites for hydroxylation is 1. The fraction of sp³-hybridized carbons (Fsp3) is 0.500. The minimum absolute atomic E-state index is 0.128. The predicted molar refractivity (Wildman–Crippen MR) is 68.0 cm³/mol. The van der Waals surface area contributed by atoms with E-state index in [1.54, 1.807) is 24.2 Å². The van der Waals surface area contributed by atoms with Crippen LogP contribution in [-0.4, -0.2) is 47.1 Å². The van der Waals surface area contributed by atoms with Crippen LogP contribution in [0.1, 0.15) is 10.4 Å². The molecule has 1 aromatic heterocycles. The lowest BCUT2D eigenvalue weighted by molar-refractivity contribution is 0.00454. The molecule has 0 aliphatic carbocycles. The van der Waals surface area contributed by atoms with Crippen molar-refractivity contribution in [3.8, 4) is 0 Å². The number of pyridine rings is 1. The van der Waals surface area contributed by atoms with E-state index in [1.165, 1.54) is 10.6 Å². The average molecular weight is 271 g/mol. The van der Waals surface area contributed by atoms with Gasteiger partial charge in [-0.05, 0) is 6.07 Å². The third-order valence-corrected chi connectivity index (χ3v) is 3.37. The maximum atomic E-state index is 12.3. The maximum absolute atomic E-state index is 12.3. The molecule has 2 heterocycles. The minimum atomic E-state index is -0.198. The second-order valence-corrected chi connectivity index (χ2v) is 4.55. The van der Waals surface area contributed by atoms with Gasteiger partial charge in [0.05, 0.1) is 19.3 Å². The Hall–Kier alpha value is -1.33. The monoisotopic (exact) mass is 270 g/mol. The molecule has 6 heteroatoms. The van der Waals surface area contributed by atoms with Crippen LogP contribution >= 0.6 is 11.6 Å². The molecule has 1 aliphatic heterocycles. The third-order valence-electron chi connectivity index (χ3n) is 3.02. The van der Waals surface area contributed by atoms with Crippen LogP contribution in [0.3, 0.4) is 0 Å². The SMILES string of the molecule is Cn1ccc(C(=O)N2CCOCC2CCl)cc1=O. The van der Waals surface area contributed by atoms with Crippen LogP contribution in [0.4, 0.5) is 0 Å². The highest BCUT2D eigenvalue weighted by Crippen LogP contribution is 2.12. The molecule has 1 amide bonds. The zero-order valence-electron chi connectivity index (χ0n) is 10.1. The van der Waals surface area contributed by atoms with Gasteiger partial charge in [-0.3, -0.25) is 9.59 Å². The van der Waals surface area contributed by atoms with E-state index < -0.39 is 0 Å². The molecule has 1 atom stereocenters. The van der Waals surface area contributed by atoms with E-state index in [0.717, 1.165) is 0 Å². The lowest BCUT2D eigenvalue weighted by atomic mass is 10.2. The van der Waals surface area contributed by atoms with Crippen LogP contribution in [0.2, 0.25) is 0 Å². The Morgan fingerprint density at radius 2 is 2.39 bits per heavy atom. The lowest BCUT2D eigenvalue weighted by Crippen LogP contribution is -2.49. The Morgan fingerprint density at radius 3 is 3.06 bits per heavy atom. The van der Waals surface area contributed by atoms with Crippen LogP contribution in [-0.2, 0) is 11.8 Å². The number of rotatable bonds is 2. The van der Waals surface area contributed by atoms with Crippen LogP contribution in [0.25, 0.3) is 0 Å². The summed E-state index contributed by atoms with van der Waals surface area (Å²) in [5.41, 5.74) is 0.201. The normalized spacial score (nSPS) is 19.9. The van der Waals surface area contributed by atoms with Crippen molar-refractivity contribution >= 4 is 17.5 Å². The van der Waals surface area contributed by atoms with E-state index in [4.69, 9.17) is 16.3 Å². The van der Waals surface area contributed by atoms with Crippen LogP contribution in [0.5, 0.6) is 0 Å². The van der Waals surface area contributed by atoms with E-state index in [0.29, 0.717) is 31.2 Å². The van der Waals surface area contributed by atoms with Crippen molar-refractivity contribution in [3.63, 3.8) is 0 Å². The van der Waals surface area contributed by atoms with Crippen LogP contribution in [0, 0.1) is 0 Å². The fourth-order valence-electron chi connectivity index (χ4n) is 1.90. The maximum Gasteiger partial charge on any atom is 0.254 e. The van der Waals surface area contributed by atoms with Crippen molar-refractivity contribution < 1.29 is 9.53 Å². The van der Waals surface area contributed by atoms with Crippen molar-refractivity contribution in [1.29, 1.82) is 0 Å². The molecule has 0 spiro atoms. The Balaban J connectivity index is 2.24. The van der Waals surface area contributed by atoms with Crippen LogP contribution < -0.4 is 5.56 Å². The Kier molecular flexibility index (Phi) is 4.04. The third kappa shape index (κ3) is 2.57. The van der Waals surface area contributed by atoms with E-state index in [1.807, 2.05) is 0 Å². The zero-order chi connectivity index (χ0) is 13.1. The summed E-state index contributed by atoms with van der Waals surface area (Å²) in [6, 6.07) is 2.87. The number of carbonyl (C=O) groups is 1. The molecule has 0 aromatic carbocycles. The summed E-state index contributed by atoms with van der Waals surface area (Å²) >= 11 is 5.82. The summed E-state index contributed by atoms with van der Waals surface area (Å²) in [6.07, 6.45) is 1.59. The highest BCUT2D eigenvalue weighted by molar-refractivity contribution is 6.18. The Morgan fingerprint density at radius 1 is 1.61 bits per heavy atom. The number of aromatic nitrogens is 1. The number of nitrogens with zero attached hydrogens (tertiary/aromatic N) is 2. The summed E-state index contributed by atoms with van der Waals surface area (Å²) in [7, 11) is 1.65. The molecule has 0 bridgehead atoms. The average Bonchev–Trinajstić information content (AvgIpc) is 2.41. The molecule has 98 valence electrons. The lowest BCUT2D eigenvalue weighted by Gasteiger charge is -2.34. The van der Waals surface area contributed by atoms with Gasteiger partial charge in [0.15, 0.2) is 0 Å². The first-order chi connectivity index (χ1) is 8.63. The van der Waals surface area contributed by atoms with Gasteiger partial charge in [0, 0.05) is 37.3 Å². The second-order valence-electron chi connectivity index (χ2n) is 4.25. The first kappa shape index (κ1) is 13.1. The van der Waals surface area contributed by atoms with Gasteiger partial charge in [0.25, 0.3) is 11.5 Å². The van der Waals surface area contributed by atoms with E-state index in [-0.39, 0.29) is 17.5 Å². The number of ether oxygens (including phenoxy) is 1. The van der Waals surface area contributed by atoms with E-state index in [2.05, 4.69) is 0 Å². The molecular formula is C12H15ClN2O3. The number of hydrogen-bond acceptors (Lipinski definition) is 3. The summed E-state index contributed by atoms with van der Waals surface area (Å²) in [6.45, 7) is 1.45. The molecule has 1 unspecified atom stereocenters. The topological polar surface area (TPSA) is 51.5 Å². The molecule has 0 N–H and O–H groups in total. The van der Waals surface area contributed by atoms with E-state index >= 15 is 0 Å². The minimum Gasteiger partial charge on any atom is -0.377 e. The Labute approximate surface area is 110 Å². The highest BCUT2D eigenvalue weighted by Gasteiger charge is 2.27. The summed E-state index contributed by atoms with van der Waals surface area (Å²) in [5, 5.41) is 0. The molecule has 0 radical (unpaired) electrons. The van der Waals surface area contributed by atoms with Crippen molar-refractivity contribution in [1.82, 2.24) is 9.47 Å². The van der Waals surface area contributed by atoms with Crippen molar-refractivity contribution in [2.24, 2.45) is 7.05 Å². The van der Waals surface area contributed by atoms with Gasteiger partial charge in [-0.25, -0.2) is 0 Å². The molecule has 18 heavy (non-hydrogen) atoms. The number of amides is 1. The fourth-order valence-corrected chi connectivity index (χ4v) is 2.15. The van der Waals surface area contributed by atoms with Gasteiger partial charge < -0.3 is 14.2 Å². The number of halogens is 1.